The molecule has 2 N–H and O–H groups in total. The van der Waals surface area contributed by atoms with Crippen molar-refractivity contribution in [3.63, 3.8) is 0 Å². The number of nitrogens with zero attached hydrogens (tertiary/aromatic N) is 5. The Morgan fingerprint density at radius 3 is 2.56 bits per heavy atom. The predicted molar refractivity (Wildman–Crippen MR) is 170 cm³/mol. The van der Waals surface area contributed by atoms with E-state index in [0.717, 1.165) is 12.0 Å². The van der Waals surface area contributed by atoms with Gasteiger partial charge in [0.1, 0.15) is 18.5 Å². The summed E-state index contributed by atoms with van der Waals surface area (Å²) in [7, 11) is -0.536. The van der Waals surface area contributed by atoms with Crippen molar-refractivity contribution in [2.24, 2.45) is 4.99 Å². The molecular formula is C30H38N7O7P. The molecule has 0 aliphatic rings. The van der Waals surface area contributed by atoms with E-state index >= 15 is 0 Å². The van der Waals surface area contributed by atoms with Crippen LogP contribution in [0.2, 0.25) is 0 Å². The fourth-order valence-corrected chi connectivity index (χ4v) is 5.47. The minimum absolute atomic E-state index is 0.0113. The summed E-state index contributed by atoms with van der Waals surface area (Å²) < 4.78 is 38.4. The summed E-state index contributed by atoms with van der Waals surface area (Å²) in [5.74, 6) is -0.150. The van der Waals surface area contributed by atoms with Gasteiger partial charge in [-0.3, -0.25) is 23.7 Å². The van der Waals surface area contributed by atoms with E-state index in [1.165, 1.54) is 12.7 Å². The van der Waals surface area contributed by atoms with Crippen LogP contribution >= 0.6 is 7.75 Å². The summed E-state index contributed by atoms with van der Waals surface area (Å²) in [6, 6.07) is 16.8. The second kappa shape index (κ2) is 16.6. The van der Waals surface area contributed by atoms with Crippen LogP contribution in [0.25, 0.3) is 11.2 Å². The number of benzene rings is 2. The molecule has 2 heterocycles. The van der Waals surface area contributed by atoms with Crippen LogP contribution in [0.1, 0.15) is 25.3 Å². The Balaban J connectivity index is 1.44. The smallest absolute Gasteiger partial charge is 0.459 e. The molecule has 45 heavy (non-hydrogen) atoms. The molecule has 0 fully saturated rings. The number of hydrogen-bond donors (Lipinski definition) is 2. The van der Waals surface area contributed by atoms with Crippen molar-refractivity contribution in [3.05, 3.63) is 82.9 Å². The highest BCUT2D eigenvalue weighted by Gasteiger charge is 2.34. The Morgan fingerprint density at radius 1 is 1.11 bits per heavy atom. The second-order valence-electron chi connectivity index (χ2n) is 10.1. The van der Waals surface area contributed by atoms with Crippen LogP contribution in [0.15, 0.2) is 76.8 Å². The van der Waals surface area contributed by atoms with E-state index < -0.39 is 25.3 Å². The minimum atomic E-state index is -4.12. The SMILES string of the molecule is CCCCOC(=O)[C@H](Cc1ccccc1)NP(=O)(OCCOCn1cnc2c(=O)[nH]c(/N=C/N(C)C)nc21)Oc1ccccc1. The highest BCUT2D eigenvalue weighted by molar-refractivity contribution is 7.52. The van der Waals surface area contributed by atoms with Gasteiger partial charge in [0.25, 0.3) is 5.56 Å². The van der Waals surface area contributed by atoms with Gasteiger partial charge in [0.05, 0.1) is 32.5 Å². The largest absolute Gasteiger partial charge is 0.465 e. The average Bonchev–Trinajstić information content (AvgIpc) is 3.44. The van der Waals surface area contributed by atoms with Gasteiger partial charge in [-0.2, -0.15) is 10.1 Å². The zero-order valence-corrected chi connectivity index (χ0v) is 26.4. The normalized spacial score (nSPS) is 13.5. The number of carbonyl (C=O) groups excluding carboxylic acids is 1. The van der Waals surface area contributed by atoms with Crippen molar-refractivity contribution in [2.45, 2.75) is 39.0 Å². The lowest BCUT2D eigenvalue weighted by Crippen LogP contribution is -2.39. The van der Waals surface area contributed by atoms with Crippen LogP contribution < -0.4 is 15.2 Å². The Bertz CT molecular complexity index is 1640. The van der Waals surface area contributed by atoms with Crippen molar-refractivity contribution in [1.82, 2.24) is 29.5 Å². The molecule has 0 aliphatic carbocycles. The fourth-order valence-electron chi connectivity index (χ4n) is 4.00. The number of rotatable bonds is 18. The third-order valence-electron chi connectivity index (χ3n) is 6.18. The molecule has 0 saturated carbocycles. The number of aromatic amines is 1. The van der Waals surface area contributed by atoms with Gasteiger partial charge in [0, 0.05) is 14.1 Å². The van der Waals surface area contributed by atoms with Gasteiger partial charge in [0.15, 0.2) is 11.2 Å². The average molecular weight is 640 g/mol. The number of aromatic nitrogens is 4. The summed E-state index contributed by atoms with van der Waals surface area (Å²) in [6.45, 7) is 2.05. The van der Waals surface area contributed by atoms with Crippen molar-refractivity contribution in [1.29, 1.82) is 0 Å². The number of carbonyl (C=O) groups is 1. The van der Waals surface area contributed by atoms with Gasteiger partial charge in [-0.05, 0) is 30.5 Å². The molecule has 15 heteroatoms. The molecule has 2 atom stereocenters. The zero-order chi connectivity index (χ0) is 32.1. The van der Waals surface area contributed by atoms with E-state index in [9.17, 15) is 14.2 Å². The number of hydrogen-bond acceptors (Lipinski definition) is 10. The van der Waals surface area contributed by atoms with Crippen molar-refractivity contribution < 1.29 is 27.9 Å². The van der Waals surface area contributed by atoms with E-state index in [-0.39, 0.29) is 50.1 Å². The highest BCUT2D eigenvalue weighted by Crippen LogP contribution is 2.45. The molecule has 0 aliphatic heterocycles. The number of aliphatic imine (C=N–C) groups is 1. The summed E-state index contributed by atoms with van der Waals surface area (Å²) in [6.07, 6.45) is 4.70. The van der Waals surface area contributed by atoms with Gasteiger partial charge in [-0.1, -0.05) is 61.9 Å². The Morgan fingerprint density at radius 2 is 1.84 bits per heavy atom. The monoisotopic (exact) mass is 639 g/mol. The predicted octanol–water partition coefficient (Wildman–Crippen LogP) is 4.06. The van der Waals surface area contributed by atoms with Crippen LogP contribution in [0.4, 0.5) is 5.95 Å². The van der Waals surface area contributed by atoms with Crippen LogP contribution in [0.3, 0.4) is 0 Å². The summed E-state index contributed by atoms with van der Waals surface area (Å²) in [5.41, 5.74) is 0.832. The van der Waals surface area contributed by atoms with Gasteiger partial charge in [-0.25, -0.2) is 14.5 Å². The van der Waals surface area contributed by atoms with E-state index in [2.05, 4.69) is 25.0 Å². The fraction of sp³-hybridized carbons (Fsp3) is 0.367. The maximum atomic E-state index is 14.1. The van der Waals surface area contributed by atoms with E-state index in [4.69, 9.17) is 18.5 Å². The first-order chi connectivity index (χ1) is 21.8. The Kier molecular flexibility index (Phi) is 12.4. The lowest BCUT2D eigenvalue weighted by atomic mass is 10.1. The number of unbranched alkanes of at least 4 members (excludes halogenated alkanes) is 1. The van der Waals surface area contributed by atoms with Crippen LogP contribution in [0, 0.1) is 0 Å². The quantitative estimate of drug-likeness (QED) is 0.0531. The lowest BCUT2D eigenvalue weighted by Gasteiger charge is -2.25. The second-order valence-corrected chi connectivity index (χ2v) is 11.8. The molecule has 1 unspecified atom stereocenters. The molecule has 2 aromatic carbocycles. The molecular weight excluding hydrogens is 601 g/mol. The molecule has 0 amide bonds. The third-order valence-corrected chi connectivity index (χ3v) is 7.79. The first-order valence-corrected chi connectivity index (χ1v) is 16.0. The van der Waals surface area contributed by atoms with Gasteiger partial charge in [-0.15, -0.1) is 0 Å². The van der Waals surface area contributed by atoms with Crippen LogP contribution in [-0.4, -0.2) is 76.7 Å². The van der Waals surface area contributed by atoms with E-state index in [1.807, 2.05) is 37.3 Å². The molecule has 240 valence electrons. The van der Waals surface area contributed by atoms with Crippen molar-refractivity contribution in [2.75, 3.05) is 33.9 Å². The Hall–Kier alpha value is -4.36. The molecule has 14 nitrogen and oxygen atoms in total. The van der Waals surface area contributed by atoms with Crippen molar-refractivity contribution in [3.8, 4) is 5.75 Å². The number of fused-ring (bicyclic) bond motifs is 1. The van der Waals surface area contributed by atoms with E-state index in [1.54, 1.807) is 53.9 Å². The lowest BCUT2D eigenvalue weighted by molar-refractivity contribution is -0.145. The van der Waals surface area contributed by atoms with Crippen LogP contribution in [-0.2, 0) is 36.5 Å². The molecule has 0 radical (unpaired) electrons. The standard InChI is InChI=1S/C30H38N7O7P/c1-4-5-16-42-29(39)25(19-23-12-8-6-9-13-23)35-45(40,44-24-14-10-7-11-15-24)43-18-17-41-22-37-21-31-26-27(37)33-30(34-28(26)38)32-20-36(2)3/h6-15,20-21,25H,4-5,16-19,22H2,1-3H3,(H,35,40)(H,33,34,38)/b32-20+/t25-,45?/m0/s1. The molecule has 4 rings (SSSR count). The maximum Gasteiger partial charge on any atom is 0.459 e. The summed E-state index contributed by atoms with van der Waals surface area (Å²) >= 11 is 0. The van der Waals surface area contributed by atoms with Gasteiger partial charge in [0.2, 0.25) is 5.95 Å². The molecule has 4 aromatic rings. The minimum Gasteiger partial charge on any atom is -0.465 e. The molecule has 0 saturated heterocycles. The number of esters is 1. The molecule has 2 aromatic heterocycles. The van der Waals surface area contributed by atoms with Crippen LogP contribution in [0.5, 0.6) is 5.75 Å². The molecule has 0 bridgehead atoms. The van der Waals surface area contributed by atoms with E-state index in [0.29, 0.717) is 12.2 Å². The summed E-state index contributed by atoms with van der Waals surface area (Å²) in [4.78, 5) is 42.4. The molecule has 0 spiro atoms. The third kappa shape index (κ3) is 10.4. The number of imidazole rings is 1. The van der Waals surface area contributed by atoms with Crippen molar-refractivity contribution >= 4 is 37.2 Å². The number of ether oxygens (including phenoxy) is 2. The first-order valence-electron chi connectivity index (χ1n) is 14.5. The first kappa shape index (κ1) is 33.5. The number of para-hydroxylation sites is 1. The van der Waals surface area contributed by atoms with Gasteiger partial charge >= 0.3 is 13.7 Å². The van der Waals surface area contributed by atoms with Gasteiger partial charge < -0.3 is 18.9 Å². The summed E-state index contributed by atoms with van der Waals surface area (Å²) in [5, 5.41) is 2.82. The highest BCUT2D eigenvalue weighted by atomic mass is 31.2. The Labute approximate surface area is 261 Å². The zero-order valence-electron chi connectivity index (χ0n) is 25.5. The maximum absolute atomic E-state index is 14.1. The number of nitrogens with one attached hydrogen (secondary N) is 2. The number of H-pyrrole nitrogens is 1. The topological polar surface area (TPSA) is 162 Å².